The van der Waals surface area contributed by atoms with E-state index in [-0.39, 0.29) is 12.4 Å². The molecule has 0 heterocycles. The Kier molecular flexibility index (Phi) is 3.25. The summed E-state index contributed by atoms with van der Waals surface area (Å²) in [6.07, 6.45) is 0. The molecule has 0 aliphatic rings. The lowest BCUT2D eigenvalue weighted by molar-refractivity contribution is 0.303. The number of anilines is 1. The maximum atomic E-state index is 13.6. The molecule has 3 aromatic carbocycles. The highest BCUT2D eigenvalue weighted by atomic mass is 19.1. The van der Waals surface area contributed by atoms with Gasteiger partial charge in [-0.25, -0.2) is 4.39 Å². The third kappa shape index (κ3) is 2.30. The fourth-order valence-corrected chi connectivity index (χ4v) is 2.19. The van der Waals surface area contributed by atoms with Gasteiger partial charge in [0.1, 0.15) is 18.2 Å². The summed E-state index contributed by atoms with van der Waals surface area (Å²) in [6.45, 7) is 0.195. The predicted molar refractivity (Wildman–Crippen MR) is 79.1 cm³/mol. The molecule has 0 aromatic heterocycles. The third-order valence-electron chi connectivity index (χ3n) is 3.26. The van der Waals surface area contributed by atoms with Gasteiger partial charge in [0.15, 0.2) is 0 Å². The van der Waals surface area contributed by atoms with Gasteiger partial charge >= 0.3 is 0 Å². The number of nitrogen functional groups attached to an aromatic ring is 1. The standard InChI is InChI=1S/C17H14FNO/c18-15-8-4-1-5-12(15)11-20-17-10-9-16(19)13-6-2-3-7-14(13)17/h1-10H,11,19H2. The van der Waals surface area contributed by atoms with E-state index < -0.39 is 0 Å². The molecule has 100 valence electrons. The van der Waals surface area contributed by atoms with Crippen LogP contribution in [0.2, 0.25) is 0 Å². The zero-order valence-corrected chi connectivity index (χ0v) is 10.8. The van der Waals surface area contributed by atoms with E-state index in [9.17, 15) is 4.39 Å². The Morgan fingerprint density at radius 1 is 0.850 bits per heavy atom. The van der Waals surface area contributed by atoms with Gasteiger partial charge in [-0.05, 0) is 18.2 Å². The molecule has 0 spiro atoms. The van der Waals surface area contributed by atoms with Gasteiger partial charge in [-0.15, -0.1) is 0 Å². The SMILES string of the molecule is Nc1ccc(OCc2ccccc2F)c2ccccc12. The molecule has 0 fully saturated rings. The summed E-state index contributed by atoms with van der Waals surface area (Å²) in [7, 11) is 0. The van der Waals surface area contributed by atoms with Crippen LogP contribution in [0.25, 0.3) is 10.8 Å². The molecule has 2 nitrogen and oxygen atoms in total. The zero-order valence-electron chi connectivity index (χ0n) is 10.8. The van der Waals surface area contributed by atoms with E-state index in [1.807, 2.05) is 30.3 Å². The number of halogens is 1. The van der Waals surface area contributed by atoms with Crippen LogP contribution in [0.15, 0.2) is 60.7 Å². The fraction of sp³-hybridized carbons (Fsp3) is 0.0588. The van der Waals surface area contributed by atoms with Crippen molar-refractivity contribution in [3.8, 4) is 5.75 Å². The molecule has 3 aromatic rings. The van der Waals surface area contributed by atoms with E-state index in [0.29, 0.717) is 17.0 Å². The highest BCUT2D eigenvalue weighted by molar-refractivity contribution is 5.96. The van der Waals surface area contributed by atoms with Crippen LogP contribution in [-0.2, 0) is 6.61 Å². The smallest absolute Gasteiger partial charge is 0.129 e. The molecule has 0 radical (unpaired) electrons. The molecular weight excluding hydrogens is 253 g/mol. The lowest BCUT2D eigenvalue weighted by Gasteiger charge is -2.11. The maximum absolute atomic E-state index is 13.6. The summed E-state index contributed by atoms with van der Waals surface area (Å²) in [4.78, 5) is 0. The minimum Gasteiger partial charge on any atom is -0.488 e. The van der Waals surface area contributed by atoms with Crippen LogP contribution in [0.1, 0.15) is 5.56 Å². The Morgan fingerprint density at radius 3 is 2.35 bits per heavy atom. The minimum absolute atomic E-state index is 0.195. The number of hydrogen-bond donors (Lipinski definition) is 1. The summed E-state index contributed by atoms with van der Waals surface area (Å²) in [5, 5.41) is 1.88. The van der Waals surface area contributed by atoms with Gasteiger partial charge in [0.05, 0.1) is 0 Å². The second kappa shape index (κ2) is 5.21. The number of nitrogens with two attached hydrogens (primary N) is 1. The van der Waals surface area contributed by atoms with Crippen molar-refractivity contribution in [2.45, 2.75) is 6.61 Å². The summed E-state index contributed by atoms with van der Waals surface area (Å²) < 4.78 is 19.3. The zero-order chi connectivity index (χ0) is 13.9. The average molecular weight is 267 g/mol. The Bertz CT molecular complexity index is 755. The monoisotopic (exact) mass is 267 g/mol. The van der Waals surface area contributed by atoms with Crippen molar-refractivity contribution < 1.29 is 9.13 Å². The Hall–Kier alpha value is -2.55. The molecule has 0 atom stereocenters. The summed E-state index contributed by atoms with van der Waals surface area (Å²) in [5.41, 5.74) is 7.18. The molecule has 3 heteroatoms. The number of hydrogen-bond acceptors (Lipinski definition) is 2. The second-order valence-electron chi connectivity index (χ2n) is 4.58. The van der Waals surface area contributed by atoms with Gasteiger partial charge in [-0.1, -0.05) is 42.5 Å². The molecule has 3 rings (SSSR count). The highest BCUT2D eigenvalue weighted by Crippen LogP contribution is 2.30. The third-order valence-corrected chi connectivity index (χ3v) is 3.26. The molecule has 0 aliphatic heterocycles. The van der Waals surface area contributed by atoms with Crippen LogP contribution in [0, 0.1) is 5.82 Å². The number of ether oxygens (including phenoxy) is 1. The van der Waals surface area contributed by atoms with Gasteiger partial charge < -0.3 is 10.5 Å². The van der Waals surface area contributed by atoms with E-state index in [0.717, 1.165) is 10.8 Å². The lowest BCUT2D eigenvalue weighted by Crippen LogP contribution is -1.99. The second-order valence-corrected chi connectivity index (χ2v) is 4.58. The summed E-state index contributed by atoms with van der Waals surface area (Å²) in [5.74, 6) is 0.449. The maximum Gasteiger partial charge on any atom is 0.129 e. The molecule has 0 unspecified atom stereocenters. The van der Waals surface area contributed by atoms with Crippen molar-refractivity contribution in [3.05, 3.63) is 72.0 Å². The van der Waals surface area contributed by atoms with Crippen molar-refractivity contribution in [1.29, 1.82) is 0 Å². The van der Waals surface area contributed by atoms with Crippen molar-refractivity contribution in [1.82, 2.24) is 0 Å². The highest BCUT2D eigenvalue weighted by Gasteiger charge is 2.06. The van der Waals surface area contributed by atoms with E-state index in [4.69, 9.17) is 10.5 Å². The molecule has 0 aliphatic carbocycles. The number of rotatable bonds is 3. The van der Waals surface area contributed by atoms with E-state index in [2.05, 4.69) is 0 Å². The molecule has 0 bridgehead atoms. The van der Waals surface area contributed by atoms with Crippen LogP contribution >= 0.6 is 0 Å². The Balaban J connectivity index is 1.92. The molecular formula is C17H14FNO. The quantitative estimate of drug-likeness (QED) is 0.724. The molecule has 2 N–H and O–H groups in total. The van der Waals surface area contributed by atoms with Crippen LogP contribution in [0.5, 0.6) is 5.75 Å². The first-order valence-corrected chi connectivity index (χ1v) is 6.39. The largest absolute Gasteiger partial charge is 0.488 e. The Labute approximate surface area is 116 Å². The first kappa shape index (κ1) is 12.5. The van der Waals surface area contributed by atoms with Gasteiger partial charge in [0.25, 0.3) is 0 Å². The van der Waals surface area contributed by atoms with Crippen molar-refractivity contribution in [2.75, 3.05) is 5.73 Å². The van der Waals surface area contributed by atoms with Crippen molar-refractivity contribution in [2.24, 2.45) is 0 Å². The molecule has 0 saturated heterocycles. The van der Waals surface area contributed by atoms with E-state index in [1.54, 1.807) is 24.3 Å². The van der Waals surface area contributed by atoms with Crippen LogP contribution < -0.4 is 10.5 Å². The van der Waals surface area contributed by atoms with Gasteiger partial charge in [-0.2, -0.15) is 0 Å². The summed E-state index contributed by atoms with van der Waals surface area (Å²) >= 11 is 0. The van der Waals surface area contributed by atoms with Crippen molar-refractivity contribution >= 4 is 16.5 Å². The predicted octanol–water partition coefficient (Wildman–Crippen LogP) is 4.14. The van der Waals surface area contributed by atoms with Crippen LogP contribution in [0.3, 0.4) is 0 Å². The molecule has 0 amide bonds. The first-order valence-electron chi connectivity index (χ1n) is 6.39. The molecule has 20 heavy (non-hydrogen) atoms. The lowest BCUT2D eigenvalue weighted by atomic mass is 10.1. The normalized spacial score (nSPS) is 10.7. The Morgan fingerprint density at radius 2 is 1.55 bits per heavy atom. The number of fused-ring (bicyclic) bond motifs is 1. The average Bonchev–Trinajstić information content (AvgIpc) is 2.48. The van der Waals surface area contributed by atoms with Crippen LogP contribution in [-0.4, -0.2) is 0 Å². The first-order chi connectivity index (χ1) is 9.75. The van der Waals surface area contributed by atoms with Gasteiger partial charge in [-0.3, -0.25) is 0 Å². The van der Waals surface area contributed by atoms with E-state index in [1.165, 1.54) is 6.07 Å². The van der Waals surface area contributed by atoms with Crippen molar-refractivity contribution in [3.63, 3.8) is 0 Å². The summed E-state index contributed by atoms with van der Waals surface area (Å²) in [6, 6.07) is 18.0. The number of benzene rings is 3. The molecule has 0 saturated carbocycles. The van der Waals surface area contributed by atoms with E-state index >= 15 is 0 Å². The van der Waals surface area contributed by atoms with Gasteiger partial charge in [0.2, 0.25) is 0 Å². The fourth-order valence-electron chi connectivity index (χ4n) is 2.19. The van der Waals surface area contributed by atoms with Crippen LogP contribution in [0.4, 0.5) is 10.1 Å². The topological polar surface area (TPSA) is 35.2 Å². The van der Waals surface area contributed by atoms with Gasteiger partial charge in [0, 0.05) is 22.0 Å². The minimum atomic E-state index is -0.257.